The molecule has 20 heavy (non-hydrogen) atoms. The molecule has 0 amide bonds. The zero-order valence-corrected chi connectivity index (χ0v) is 12.2. The third-order valence-electron chi connectivity index (χ3n) is 3.72. The van der Waals surface area contributed by atoms with Crippen molar-refractivity contribution in [1.82, 2.24) is 4.57 Å². The summed E-state index contributed by atoms with van der Waals surface area (Å²) in [7, 11) is 0. The monoisotopic (exact) mass is 286 g/mol. The first-order chi connectivity index (χ1) is 9.43. The van der Waals surface area contributed by atoms with Gasteiger partial charge >= 0.3 is 0 Å². The molecule has 2 aromatic rings. The van der Waals surface area contributed by atoms with Gasteiger partial charge < -0.3 is 9.88 Å². The Morgan fingerprint density at radius 1 is 1.40 bits per heavy atom. The maximum absolute atomic E-state index is 9.38. The Kier molecular flexibility index (Phi) is 2.77. The zero-order chi connectivity index (χ0) is 14.5. The number of hydrogen-bond acceptors (Lipinski definition) is 3. The first kappa shape index (κ1) is 13.0. The van der Waals surface area contributed by atoms with Crippen molar-refractivity contribution in [3.63, 3.8) is 0 Å². The van der Waals surface area contributed by atoms with Gasteiger partial charge in [-0.05, 0) is 12.1 Å². The SMILES string of the molecule is CC1(C)CNc2c3cc(Cl)ccc3c(C#N)c(=N)n2C1. The fourth-order valence-corrected chi connectivity index (χ4v) is 2.89. The molecule has 1 aromatic carbocycles. The Bertz CT molecular complexity index is 811. The van der Waals surface area contributed by atoms with Gasteiger partial charge in [0.25, 0.3) is 0 Å². The molecule has 1 aliphatic rings. The summed E-state index contributed by atoms with van der Waals surface area (Å²) in [6, 6.07) is 7.59. The molecular weight excluding hydrogens is 272 g/mol. The topological polar surface area (TPSA) is 64.6 Å². The van der Waals surface area contributed by atoms with E-state index in [9.17, 15) is 5.26 Å². The Labute approximate surface area is 122 Å². The van der Waals surface area contributed by atoms with E-state index in [1.54, 1.807) is 6.07 Å². The molecule has 0 bridgehead atoms. The number of rotatable bonds is 0. The van der Waals surface area contributed by atoms with Crippen LogP contribution in [0.3, 0.4) is 0 Å². The second-order valence-corrected chi connectivity index (χ2v) is 6.41. The van der Waals surface area contributed by atoms with Crippen LogP contribution in [-0.2, 0) is 6.54 Å². The fraction of sp³-hybridized carbons (Fsp3) is 0.333. The van der Waals surface area contributed by atoms with Crippen LogP contribution >= 0.6 is 11.6 Å². The van der Waals surface area contributed by atoms with E-state index in [0.717, 1.165) is 23.1 Å². The molecule has 5 heteroatoms. The van der Waals surface area contributed by atoms with E-state index in [0.29, 0.717) is 17.1 Å². The lowest BCUT2D eigenvalue weighted by atomic mass is 9.90. The van der Waals surface area contributed by atoms with Gasteiger partial charge in [0, 0.05) is 34.3 Å². The van der Waals surface area contributed by atoms with Crippen LogP contribution in [0.25, 0.3) is 10.8 Å². The highest BCUT2D eigenvalue weighted by Crippen LogP contribution is 2.33. The lowest BCUT2D eigenvalue weighted by Gasteiger charge is -2.35. The van der Waals surface area contributed by atoms with Crippen molar-refractivity contribution < 1.29 is 0 Å². The Hall–Kier alpha value is -1.99. The van der Waals surface area contributed by atoms with E-state index < -0.39 is 0 Å². The van der Waals surface area contributed by atoms with Gasteiger partial charge in [-0.1, -0.05) is 31.5 Å². The summed E-state index contributed by atoms with van der Waals surface area (Å²) < 4.78 is 1.88. The minimum absolute atomic E-state index is 0.0481. The van der Waals surface area contributed by atoms with Crippen LogP contribution < -0.4 is 10.8 Å². The predicted octanol–water partition coefficient (Wildman–Crippen LogP) is 3.10. The molecule has 1 aliphatic heterocycles. The van der Waals surface area contributed by atoms with Gasteiger partial charge in [-0.25, -0.2) is 0 Å². The molecule has 0 radical (unpaired) electrons. The Balaban J connectivity index is 2.45. The molecule has 0 atom stereocenters. The fourth-order valence-electron chi connectivity index (χ4n) is 2.72. The third kappa shape index (κ3) is 1.86. The maximum Gasteiger partial charge on any atom is 0.145 e. The number of benzene rings is 1. The summed E-state index contributed by atoms with van der Waals surface area (Å²) in [5.41, 5.74) is 0.712. The van der Waals surface area contributed by atoms with E-state index in [1.807, 2.05) is 16.7 Å². The van der Waals surface area contributed by atoms with Crippen LogP contribution in [0, 0.1) is 22.2 Å². The molecule has 0 fully saturated rings. The summed E-state index contributed by atoms with van der Waals surface area (Å²) >= 11 is 6.09. The smallest absolute Gasteiger partial charge is 0.145 e. The van der Waals surface area contributed by atoms with Crippen LogP contribution in [0.2, 0.25) is 5.02 Å². The number of fused-ring (bicyclic) bond motifs is 3. The van der Waals surface area contributed by atoms with Gasteiger partial charge in [0.1, 0.15) is 22.9 Å². The van der Waals surface area contributed by atoms with Gasteiger partial charge in [0.05, 0.1) is 0 Å². The maximum atomic E-state index is 9.38. The molecule has 2 N–H and O–H groups in total. The van der Waals surface area contributed by atoms with Gasteiger partial charge in [-0.3, -0.25) is 5.41 Å². The third-order valence-corrected chi connectivity index (χ3v) is 3.95. The van der Waals surface area contributed by atoms with Crippen molar-refractivity contribution in [2.45, 2.75) is 20.4 Å². The van der Waals surface area contributed by atoms with Crippen molar-refractivity contribution in [1.29, 1.82) is 10.7 Å². The molecule has 0 saturated carbocycles. The molecule has 0 unspecified atom stereocenters. The van der Waals surface area contributed by atoms with Crippen molar-refractivity contribution in [3.05, 3.63) is 34.3 Å². The second-order valence-electron chi connectivity index (χ2n) is 5.98. The summed E-state index contributed by atoms with van der Waals surface area (Å²) in [6.07, 6.45) is 0. The molecule has 3 rings (SSSR count). The number of halogens is 1. The summed E-state index contributed by atoms with van der Waals surface area (Å²) in [4.78, 5) is 0. The number of nitrogens with one attached hydrogen (secondary N) is 2. The standard InChI is InChI=1S/C15H15ClN4/c1-15(2)7-19-14-11-5-9(16)3-4-10(11)12(6-17)13(18)20(14)8-15/h3-5,18-19H,7-8H2,1-2H3. The molecule has 0 spiro atoms. The number of nitriles is 1. The second kappa shape index (κ2) is 4.26. The summed E-state index contributed by atoms with van der Waals surface area (Å²) in [5, 5.41) is 23.4. The van der Waals surface area contributed by atoms with Gasteiger partial charge in [0.2, 0.25) is 0 Å². The highest BCUT2D eigenvalue weighted by atomic mass is 35.5. The largest absolute Gasteiger partial charge is 0.370 e. The van der Waals surface area contributed by atoms with E-state index in [-0.39, 0.29) is 10.9 Å². The number of aromatic nitrogens is 1. The van der Waals surface area contributed by atoms with Gasteiger partial charge in [-0.15, -0.1) is 0 Å². The highest BCUT2D eigenvalue weighted by Gasteiger charge is 2.27. The van der Waals surface area contributed by atoms with E-state index in [4.69, 9.17) is 17.0 Å². The molecule has 102 valence electrons. The number of hydrogen-bond donors (Lipinski definition) is 2. The summed E-state index contributed by atoms with van der Waals surface area (Å²) in [6.45, 7) is 5.83. The Morgan fingerprint density at radius 2 is 2.15 bits per heavy atom. The summed E-state index contributed by atoms with van der Waals surface area (Å²) in [5.74, 6) is 0.880. The zero-order valence-electron chi connectivity index (χ0n) is 11.4. The van der Waals surface area contributed by atoms with E-state index in [1.165, 1.54) is 0 Å². The molecule has 0 saturated heterocycles. The van der Waals surface area contributed by atoms with Crippen molar-refractivity contribution in [2.24, 2.45) is 5.41 Å². The first-order valence-corrected chi connectivity index (χ1v) is 6.85. The molecular formula is C15H15ClN4. The Morgan fingerprint density at radius 3 is 2.85 bits per heavy atom. The quantitative estimate of drug-likeness (QED) is 0.781. The van der Waals surface area contributed by atoms with Gasteiger partial charge in [-0.2, -0.15) is 5.26 Å². The normalized spacial score (nSPS) is 16.3. The average Bonchev–Trinajstić information content (AvgIpc) is 2.39. The minimum Gasteiger partial charge on any atom is -0.370 e. The number of nitrogens with zero attached hydrogens (tertiary/aromatic N) is 2. The van der Waals surface area contributed by atoms with Crippen molar-refractivity contribution >= 4 is 28.2 Å². The average molecular weight is 287 g/mol. The molecule has 4 nitrogen and oxygen atoms in total. The lowest BCUT2D eigenvalue weighted by Crippen LogP contribution is -2.40. The van der Waals surface area contributed by atoms with E-state index >= 15 is 0 Å². The highest BCUT2D eigenvalue weighted by molar-refractivity contribution is 6.31. The van der Waals surface area contributed by atoms with E-state index in [2.05, 4.69) is 25.2 Å². The van der Waals surface area contributed by atoms with Crippen LogP contribution in [0.15, 0.2) is 18.2 Å². The molecule has 2 heterocycles. The predicted molar refractivity (Wildman–Crippen MR) is 79.8 cm³/mol. The van der Waals surface area contributed by atoms with Crippen LogP contribution in [0.1, 0.15) is 19.4 Å². The van der Waals surface area contributed by atoms with Crippen molar-refractivity contribution in [2.75, 3.05) is 11.9 Å². The van der Waals surface area contributed by atoms with Gasteiger partial charge in [0.15, 0.2) is 0 Å². The number of pyridine rings is 1. The van der Waals surface area contributed by atoms with Crippen LogP contribution in [-0.4, -0.2) is 11.1 Å². The van der Waals surface area contributed by atoms with Crippen LogP contribution in [0.4, 0.5) is 5.82 Å². The minimum atomic E-state index is 0.0481. The van der Waals surface area contributed by atoms with Crippen molar-refractivity contribution in [3.8, 4) is 6.07 Å². The number of anilines is 1. The lowest BCUT2D eigenvalue weighted by molar-refractivity contribution is 0.304. The first-order valence-electron chi connectivity index (χ1n) is 6.47. The van der Waals surface area contributed by atoms with Crippen LogP contribution in [0.5, 0.6) is 0 Å². The molecule has 1 aromatic heterocycles. The molecule has 0 aliphatic carbocycles.